The number of halogens is 1. The van der Waals surface area contributed by atoms with E-state index >= 15 is 0 Å². The predicted molar refractivity (Wildman–Crippen MR) is 103 cm³/mol. The van der Waals surface area contributed by atoms with Crippen LogP contribution < -0.4 is 0 Å². The summed E-state index contributed by atoms with van der Waals surface area (Å²) in [4.78, 5) is 27.2. The van der Waals surface area contributed by atoms with Gasteiger partial charge in [0.05, 0.1) is 5.56 Å². The van der Waals surface area contributed by atoms with Gasteiger partial charge >= 0.3 is 12.1 Å². The number of piperazine rings is 1. The van der Waals surface area contributed by atoms with Crippen LogP contribution in [0.2, 0.25) is 0 Å². The van der Waals surface area contributed by atoms with Crippen LogP contribution in [0.4, 0.5) is 9.18 Å². The molecule has 1 aliphatic carbocycles. The molecule has 1 amide bonds. The highest BCUT2D eigenvalue weighted by atomic mass is 19.1. The highest BCUT2D eigenvalue weighted by molar-refractivity contribution is 5.90. The second kappa shape index (κ2) is 7.70. The van der Waals surface area contributed by atoms with Crippen LogP contribution in [0.5, 0.6) is 0 Å². The van der Waals surface area contributed by atoms with E-state index in [0.29, 0.717) is 32.1 Å². The summed E-state index contributed by atoms with van der Waals surface area (Å²) in [6, 6.07) is 3.01. The minimum Gasteiger partial charge on any atom is -0.465 e. The number of carbonyl (C=O) groups is 2. The van der Waals surface area contributed by atoms with E-state index in [4.69, 9.17) is 4.74 Å². The number of carboxylic acid groups (broad SMARTS) is 1. The van der Waals surface area contributed by atoms with Gasteiger partial charge in [-0.1, -0.05) is 0 Å². The lowest BCUT2D eigenvalue weighted by Gasteiger charge is -2.38. The van der Waals surface area contributed by atoms with E-state index < -0.39 is 23.5 Å². The van der Waals surface area contributed by atoms with Crippen molar-refractivity contribution in [3.05, 3.63) is 34.6 Å². The largest absolute Gasteiger partial charge is 0.465 e. The first-order chi connectivity index (χ1) is 13.0. The minimum atomic E-state index is -0.904. The second-order valence-corrected chi connectivity index (χ2v) is 8.87. The van der Waals surface area contributed by atoms with Gasteiger partial charge in [0.15, 0.2) is 0 Å². The van der Waals surface area contributed by atoms with Crippen LogP contribution in [0.15, 0.2) is 12.1 Å². The molecule has 0 unspecified atom stereocenters. The molecule has 0 spiro atoms. The van der Waals surface area contributed by atoms with Gasteiger partial charge in [0.25, 0.3) is 0 Å². The molecule has 1 heterocycles. The van der Waals surface area contributed by atoms with Crippen LogP contribution in [0.3, 0.4) is 0 Å². The Morgan fingerprint density at radius 3 is 2.46 bits per heavy atom. The molecule has 1 aromatic carbocycles. The van der Waals surface area contributed by atoms with Crippen molar-refractivity contribution in [2.75, 3.05) is 19.6 Å². The zero-order valence-electron chi connectivity index (χ0n) is 17.0. The molecule has 1 N–H and O–H groups in total. The summed E-state index contributed by atoms with van der Waals surface area (Å²) in [5, 5.41) is 9.22. The number of benzene rings is 1. The number of ether oxygens (including phenoxy) is 1. The molecule has 1 atom stereocenters. The van der Waals surface area contributed by atoms with Gasteiger partial charge in [-0.15, -0.1) is 0 Å². The number of rotatable bonds is 4. The van der Waals surface area contributed by atoms with Gasteiger partial charge in [0.2, 0.25) is 0 Å². The smallest absolute Gasteiger partial charge is 0.407 e. The topological polar surface area (TPSA) is 70.1 Å². The Bertz CT molecular complexity index is 770. The quantitative estimate of drug-likeness (QED) is 0.789. The third-order valence-corrected chi connectivity index (χ3v) is 5.22. The summed E-state index contributed by atoms with van der Waals surface area (Å²) in [5.41, 5.74) is 1.20. The van der Waals surface area contributed by atoms with Crippen molar-refractivity contribution in [2.45, 2.75) is 64.6 Å². The minimum absolute atomic E-state index is 0.00959. The van der Waals surface area contributed by atoms with E-state index in [1.54, 1.807) is 26.8 Å². The van der Waals surface area contributed by atoms with Gasteiger partial charge in [0.1, 0.15) is 11.4 Å². The number of amides is 1. The van der Waals surface area contributed by atoms with Crippen molar-refractivity contribution in [1.82, 2.24) is 9.80 Å². The Morgan fingerprint density at radius 1 is 1.25 bits per heavy atom. The van der Waals surface area contributed by atoms with Crippen molar-refractivity contribution >= 4 is 12.1 Å². The first kappa shape index (κ1) is 20.6. The summed E-state index contributed by atoms with van der Waals surface area (Å²) in [6.45, 7) is 9.36. The van der Waals surface area contributed by atoms with Gasteiger partial charge in [0, 0.05) is 32.2 Å². The normalized spacial score (nSPS) is 20.9. The molecule has 1 saturated carbocycles. The molecular formula is C21H29FN2O4. The molecule has 3 rings (SSSR count). The van der Waals surface area contributed by atoms with Crippen molar-refractivity contribution in [2.24, 2.45) is 0 Å². The Kier molecular flexibility index (Phi) is 5.66. The van der Waals surface area contributed by atoms with Gasteiger partial charge in [-0.2, -0.15) is 0 Å². The maximum Gasteiger partial charge on any atom is 0.407 e. The van der Waals surface area contributed by atoms with Gasteiger partial charge in [-0.25, -0.2) is 14.0 Å². The van der Waals surface area contributed by atoms with Crippen LogP contribution in [-0.4, -0.2) is 58.2 Å². The molecule has 2 fully saturated rings. The molecule has 2 aliphatic rings. The van der Waals surface area contributed by atoms with Crippen molar-refractivity contribution in [1.29, 1.82) is 0 Å². The molecule has 6 nitrogen and oxygen atoms in total. The lowest BCUT2D eigenvalue weighted by Crippen LogP contribution is -2.53. The van der Waals surface area contributed by atoms with Crippen molar-refractivity contribution < 1.29 is 23.8 Å². The van der Waals surface area contributed by atoms with Crippen LogP contribution in [0.25, 0.3) is 0 Å². The maximum absolute atomic E-state index is 14.7. The average molecular weight is 392 g/mol. The summed E-state index contributed by atoms with van der Waals surface area (Å²) >= 11 is 0. The van der Waals surface area contributed by atoms with Crippen LogP contribution >= 0.6 is 0 Å². The van der Waals surface area contributed by atoms with Crippen LogP contribution in [0, 0.1) is 5.82 Å². The first-order valence-electron chi connectivity index (χ1n) is 9.82. The SMILES string of the molecule is C[C@@H]1CN(Cc2cc(F)c(C(=O)OC(C)(C)C)cc2C2CC2)CCN1C(=O)O. The van der Waals surface area contributed by atoms with Crippen molar-refractivity contribution in [3.8, 4) is 0 Å². The maximum atomic E-state index is 14.7. The molecule has 0 aromatic heterocycles. The van der Waals surface area contributed by atoms with Crippen LogP contribution in [0.1, 0.15) is 67.9 Å². The Labute approximate surface area is 165 Å². The van der Waals surface area contributed by atoms with Gasteiger partial charge < -0.3 is 14.7 Å². The highest BCUT2D eigenvalue weighted by Crippen LogP contribution is 2.43. The fourth-order valence-electron chi connectivity index (χ4n) is 3.73. The second-order valence-electron chi connectivity index (χ2n) is 8.87. The Balaban J connectivity index is 1.79. The number of carbonyl (C=O) groups excluding carboxylic acids is 1. The van der Waals surface area contributed by atoms with E-state index in [9.17, 15) is 19.1 Å². The molecule has 28 heavy (non-hydrogen) atoms. The molecular weight excluding hydrogens is 363 g/mol. The third kappa shape index (κ3) is 4.82. The lowest BCUT2D eigenvalue weighted by atomic mass is 9.98. The molecule has 1 aliphatic heterocycles. The monoisotopic (exact) mass is 392 g/mol. The summed E-state index contributed by atoms with van der Waals surface area (Å²) in [6.07, 6.45) is 1.17. The molecule has 1 saturated heterocycles. The molecule has 7 heteroatoms. The standard InChI is InChI=1S/C21H29FN2O4/c1-13-11-23(7-8-24(13)20(26)27)12-15-9-18(22)17(10-16(15)14-5-6-14)19(25)28-21(2,3)4/h9-10,13-14H,5-8,11-12H2,1-4H3,(H,26,27)/t13-/m1/s1. The fraction of sp³-hybridized carbons (Fsp3) is 0.619. The average Bonchev–Trinajstić information content (AvgIpc) is 3.37. The summed E-state index contributed by atoms with van der Waals surface area (Å²) in [5.74, 6) is -0.845. The third-order valence-electron chi connectivity index (χ3n) is 5.22. The van der Waals surface area contributed by atoms with Gasteiger partial charge in [-0.05, 0) is 69.7 Å². The van der Waals surface area contributed by atoms with E-state index in [2.05, 4.69) is 4.90 Å². The van der Waals surface area contributed by atoms with E-state index in [-0.39, 0.29) is 11.6 Å². The lowest BCUT2D eigenvalue weighted by molar-refractivity contribution is 0.00645. The summed E-state index contributed by atoms with van der Waals surface area (Å²) in [7, 11) is 0. The van der Waals surface area contributed by atoms with Gasteiger partial charge in [-0.3, -0.25) is 4.90 Å². The predicted octanol–water partition coefficient (Wildman–Crippen LogP) is 3.84. The molecule has 0 bridgehead atoms. The zero-order chi connectivity index (χ0) is 20.6. The molecule has 1 aromatic rings. The number of hydrogen-bond donors (Lipinski definition) is 1. The first-order valence-corrected chi connectivity index (χ1v) is 9.82. The van der Waals surface area contributed by atoms with Crippen molar-refractivity contribution in [3.63, 3.8) is 0 Å². The van der Waals surface area contributed by atoms with E-state index in [0.717, 1.165) is 24.0 Å². The number of nitrogens with zero attached hydrogens (tertiary/aromatic N) is 2. The highest BCUT2D eigenvalue weighted by Gasteiger charge is 2.32. The number of hydrogen-bond acceptors (Lipinski definition) is 4. The van der Waals surface area contributed by atoms with E-state index in [1.807, 2.05) is 6.92 Å². The fourth-order valence-corrected chi connectivity index (χ4v) is 3.73. The zero-order valence-corrected chi connectivity index (χ0v) is 17.0. The molecule has 154 valence electrons. The Hall–Kier alpha value is -2.15. The van der Waals surface area contributed by atoms with E-state index in [1.165, 1.54) is 11.0 Å². The molecule has 0 radical (unpaired) electrons. The van der Waals surface area contributed by atoms with Crippen LogP contribution in [-0.2, 0) is 11.3 Å². The summed E-state index contributed by atoms with van der Waals surface area (Å²) < 4.78 is 20.1. The number of esters is 1. The Morgan fingerprint density at radius 2 is 1.93 bits per heavy atom.